The standard InChI is InChI=1S/C19H15NO3S/c1-12-3-6-15(7-4-12)20-13(2)24-18(19(20)21)14-5-8-16-17(11-14)23-10-9-22-16/h3-11,18H,2H2,1H3. The van der Waals surface area contributed by atoms with Gasteiger partial charge in [-0.2, -0.15) is 0 Å². The number of fused-ring (bicyclic) bond motifs is 1. The smallest absolute Gasteiger partial charge is 0.249 e. The molecule has 0 bridgehead atoms. The molecule has 120 valence electrons. The Balaban J connectivity index is 1.65. The van der Waals surface area contributed by atoms with E-state index in [2.05, 4.69) is 6.58 Å². The van der Waals surface area contributed by atoms with Crippen LogP contribution >= 0.6 is 11.8 Å². The van der Waals surface area contributed by atoms with E-state index in [1.54, 1.807) is 4.90 Å². The van der Waals surface area contributed by atoms with E-state index >= 15 is 0 Å². The van der Waals surface area contributed by atoms with E-state index in [0.29, 0.717) is 11.5 Å². The van der Waals surface area contributed by atoms with Gasteiger partial charge >= 0.3 is 0 Å². The van der Waals surface area contributed by atoms with Crippen molar-refractivity contribution < 1.29 is 14.3 Å². The Morgan fingerprint density at radius 2 is 1.75 bits per heavy atom. The van der Waals surface area contributed by atoms with Gasteiger partial charge in [0.05, 0.1) is 5.03 Å². The number of aryl methyl sites for hydroxylation is 1. The second kappa shape index (κ2) is 5.76. The minimum Gasteiger partial charge on any atom is -0.458 e. The van der Waals surface area contributed by atoms with Gasteiger partial charge in [0, 0.05) is 5.69 Å². The molecule has 1 saturated heterocycles. The van der Waals surface area contributed by atoms with Gasteiger partial charge < -0.3 is 9.47 Å². The molecule has 0 radical (unpaired) electrons. The highest BCUT2D eigenvalue weighted by molar-refractivity contribution is 8.04. The topological polar surface area (TPSA) is 38.8 Å². The van der Waals surface area contributed by atoms with Gasteiger partial charge in [0.1, 0.15) is 17.8 Å². The SMILES string of the molecule is C=C1SC(c2ccc3c(c2)OC=CO3)C(=O)N1c1ccc(C)cc1. The maximum Gasteiger partial charge on any atom is 0.249 e. The van der Waals surface area contributed by atoms with Gasteiger partial charge in [0.15, 0.2) is 11.5 Å². The molecule has 2 heterocycles. The number of hydrogen-bond donors (Lipinski definition) is 0. The maximum atomic E-state index is 12.9. The van der Waals surface area contributed by atoms with Gasteiger partial charge in [-0.25, -0.2) is 0 Å². The van der Waals surface area contributed by atoms with Crippen LogP contribution in [0.5, 0.6) is 11.5 Å². The monoisotopic (exact) mass is 337 g/mol. The molecule has 24 heavy (non-hydrogen) atoms. The molecule has 0 N–H and O–H groups in total. The summed E-state index contributed by atoms with van der Waals surface area (Å²) in [5.74, 6) is 1.26. The Kier molecular flexibility index (Phi) is 3.58. The fourth-order valence-corrected chi connectivity index (χ4v) is 3.80. The summed E-state index contributed by atoms with van der Waals surface area (Å²) in [5.41, 5.74) is 2.87. The Hall–Kier alpha value is -2.66. The number of nitrogens with zero attached hydrogens (tertiary/aromatic N) is 1. The van der Waals surface area contributed by atoms with Crippen molar-refractivity contribution >= 4 is 23.4 Å². The van der Waals surface area contributed by atoms with Crippen LogP contribution < -0.4 is 14.4 Å². The summed E-state index contributed by atoms with van der Waals surface area (Å²) < 4.78 is 10.8. The molecule has 1 unspecified atom stereocenters. The van der Waals surface area contributed by atoms with E-state index in [-0.39, 0.29) is 11.2 Å². The van der Waals surface area contributed by atoms with Crippen LogP contribution in [0.25, 0.3) is 0 Å². The van der Waals surface area contributed by atoms with Crippen LogP contribution in [0.3, 0.4) is 0 Å². The predicted octanol–water partition coefficient (Wildman–Crippen LogP) is 4.53. The minimum absolute atomic E-state index is 0.000993. The van der Waals surface area contributed by atoms with E-state index in [4.69, 9.17) is 9.47 Å². The van der Waals surface area contributed by atoms with Crippen LogP contribution in [-0.4, -0.2) is 5.91 Å². The summed E-state index contributed by atoms with van der Waals surface area (Å²) in [6.45, 7) is 6.07. The van der Waals surface area contributed by atoms with Gasteiger partial charge in [-0.1, -0.05) is 42.1 Å². The second-order valence-electron chi connectivity index (χ2n) is 5.61. The fourth-order valence-electron chi connectivity index (χ4n) is 2.73. The van der Waals surface area contributed by atoms with Crippen LogP contribution in [-0.2, 0) is 4.79 Å². The van der Waals surface area contributed by atoms with Crippen molar-refractivity contribution in [3.05, 3.63) is 77.7 Å². The third kappa shape index (κ3) is 2.47. The van der Waals surface area contributed by atoms with E-state index in [9.17, 15) is 4.79 Å². The normalized spacial score (nSPS) is 19.0. The number of anilines is 1. The Bertz CT molecular complexity index is 857. The average Bonchev–Trinajstić information content (AvgIpc) is 2.90. The van der Waals surface area contributed by atoms with Gasteiger partial charge in [-0.15, -0.1) is 0 Å². The van der Waals surface area contributed by atoms with Crippen molar-refractivity contribution in [2.24, 2.45) is 0 Å². The van der Waals surface area contributed by atoms with Crippen LogP contribution in [0.4, 0.5) is 5.69 Å². The van der Waals surface area contributed by atoms with Crippen LogP contribution in [0.15, 0.2) is 66.6 Å². The zero-order valence-electron chi connectivity index (χ0n) is 13.1. The summed E-state index contributed by atoms with van der Waals surface area (Å²) in [7, 11) is 0. The molecule has 4 rings (SSSR count). The predicted molar refractivity (Wildman–Crippen MR) is 95.0 cm³/mol. The first kappa shape index (κ1) is 14.9. The third-order valence-corrected chi connectivity index (χ3v) is 5.12. The van der Waals surface area contributed by atoms with Crippen molar-refractivity contribution in [2.45, 2.75) is 12.2 Å². The highest BCUT2D eigenvalue weighted by Gasteiger charge is 2.38. The van der Waals surface area contributed by atoms with Crippen molar-refractivity contribution in [1.82, 2.24) is 0 Å². The second-order valence-corrected chi connectivity index (χ2v) is 6.79. The average molecular weight is 337 g/mol. The molecule has 0 spiro atoms. The maximum absolute atomic E-state index is 12.9. The zero-order chi connectivity index (χ0) is 16.7. The number of carbonyl (C=O) groups is 1. The first-order valence-electron chi connectivity index (χ1n) is 7.52. The molecule has 1 amide bonds. The number of amides is 1. The van der Waals surface area contributed by atoms with E-state index < -0.39 is 0 Å². The molecule has 0 aliphatic carbocycles. The van der Waals surface area contributed by atoms with Gasteiger partial charge in [0.25, 0.3) is 0 Å². The summed E-state index contributed by atoms with van der Waals surface area (Å²) in [4.78, 5) is 14.6. The molecular weight excluding hydrogens is 322 g/mol. The van der Waals surface area contributed by atoms with Gasteiger partial charge in [-0.05, 0) is 36.8 Å². The molecule has 0 aromatic heterocycles. The number of benzene rings is 2. The summed E-state index contributed by atoms with van der Waals surface area (Å²) in [6.07, 6.45) is 2.96. The van der Waals surface area contributed by atoms with Crippen molar-refractivity contribution in [3.8, 4) is 11.5 Å². The molecule has 1 fully saturated rings. The molecule has 5 heteroatoms. The molecule has 0 saturated carbocycles. The fraction of sp³-hybridized carbons (Fsp3) is 0.105. The van der Waals surface area contributed by atoms with E-state index in [0.717, 1.165) is 21.8 Å². The van der Waals surface area contributed by atoms with Crippen LogP contribution in [0.2, 0.25) is 0 Å². The van der Waals surface area contributed by atoms with Crippen LogP contribution in [0, 0.1) is 6.92 Å². The summed E-state index contributed by atoms with van der Waals surface area (Å²) in [6, 6.07) is 13.4. The highest BCUT2D eigenvalue weighted by atomic mass is 32.2. The molecule has 1 atom stereocenters. The number of hydrogen-bond acceptors (Lipinski definition) is 4. The molecule has 4 nitrogen and oxygen atoms in total. The lowest BCUT2D eigenvalue weighted by Gasteiger charge is -2.17. The molecule has 2 aromatic rings. The van der Waals surface area contributed by atoms with Crippen molar-refractivity contribution in [3.63, 3.8) is 0 Å². The Morgan fingerprint density at radius 1 is 1.04 bits per heavy atom. The van der Waals surface area contributed by atoms with E-state index in [1.807, 2.05) is 49.4 Å². The lowest BCUT2D eigenvalue weighted by atomic mass is 10.1. The highest BCUT2D eigenvalue weighted by Crippen LogP contribution is 2.47. The number of carbonyl (C=O) groups excluding carboxylic acids is 1. The summed E-state index contributed by atoms with van der Waals surface area (Å²) >= 11 is 1.45. The number of rotatable bonds is 2. The minimum atomic E-state index is -0.335. The quantitative estimate of drug-likeness (QED) is 0.807. The van der Waals surface area contributed by atoms with Gasteiger partial charge in [0.2, 0.25) is 5.91 Å². The van der Waals surface area contributed by atoms with E-state index in [1.165, 1.54) is 24.3 Å². The van der Waals surface area contributed by atoms with Crippen molar-refractivity contribution in [2.75, 3.05) is 4.90 Å². The first-order valence-corrected chi connectivity index (χ1v) is 8.40. The third-order valence-electron chi connectivity index (χ3n) is 3.96. The molecule has 2 aliphatic heterocycles. The van der Waals surface area contributed by atoms with Crippen LogP contribution in [0.1, 0.15) is 16.4 Å². The lowest BCUT2D eigenvalue weighted by Crippen LogP contribution is -2.25. The largest absolute Gasteiger partial charge is 0.458 e. The van der Waals surface area contributed by atoms with Gasteiger partial charge in [-0.3, -0.25) is 9.69 Å². The summed E-state index contributed by atoms with van der Waals surface area (Å²) in [5, 5.41) is 0.391. The number of thioether (sulfide) groups is 1. The Labute approximate surface area is 144 Å². The molecule has 2 aromatic carbocycles. The number of ether oxygens (including phenoxy) is 2. The first-order chi connectivity index (χ1) is 11.6. The lowest BCUT2D eigenvalue weighted by molar-refractivity contribution is -0.117. The zero-order valence-corrected chi connectivity index (χ0v) is 13.9. The van der Waals surface area contributed by atoms with Crippen molar-refractivity contribution in [1.29, 1.82) is 0 Å². The molecular formula is C19H15NO3S. The molecule has 2 aliphatic rings. The Morgan fingerprint density at radius 3 is 2.50 bits per heavy atom.